The Labute approximate surface area is 511 Å². The highest BCUT2D eigenvalue weighted by Gasteiger charge is 2.29. The van der Waals surface area contributed by atoms with Gasteiger partial charge in [-0.15, -0.1) is 47.0 Å². The summed E-state index contributed by atoms with van der Waals surface area (Å²) < 4.78 is 48.9. The lowest BCUT2D eigenvalue weighted by atomic mass is 10.1. The summed E-state index contributed by atoms with van der Waals surface area (Å²) in [6, 6.07) is 0. The van der Waals surface area contributed by atoms with E-state index in [4.69, 9.17) is 52.8 Å². The van der Waals surface area contributed by atoms with Crippen molar-refractivity contribution in [2.45, 2.75) is 214 Å². The normalized spacial score (nSPS) is 23.0. The minimum Gasteiger partial charge on any atom is -0.481 e. The van der Waals surface area contributed by atoms with Crippen LogP contribution in [0.25, 0.3) is 0 Å². The van der Waals surface area contributed by atoms with Crippen molar-refractivity contribution in [1.82, 2.24) is 0 Å². The molecule has 26 heteroatoms. The Morgan fingerprint density at radius 3 is 0.857 bits per heavy atom. The van der Waals surface area contributed by atoms with E-state index >= 15 is 0 Å². The molecule has 0 aromatic carbocycles. The van der Waals surface area contributed by atoms with Gasteiger partial charge < -0.3 is 52.8 Å². The average Bonchev–Trinajstić information content (AvgIpc) is 3.51. The summed E-state index contributed by atoms with van der Waals surface area (Å²) >= 11 is 4.00. The van der Waals surface area contributed by atoms with E-state index in [2.05, 4.69) is 0 Å². The fourth-order valence-corrected chi connectivity index (χ4v) is 12.0. The van der Waals surface area contributed by atoms with Gasteiger partial charge >= 0.3 is 65.7 Å². The molecule has 2 N–H and O–H groups in total. The summed E-state index contributed by atoms with van der Waals surface area (Å²) in [5, 5.41) is 14.5. The third kappa shape index (κ3) is 42.4. The van der Waals surface area contributed by atoms with Crippen molar-refractivity contribution in [3.8, 4) is 0 Å². The zero-order chi connectivity index (χ0) is 61.3. The Kier molecular flexibility index (Phi) is 45.7. The number of thioether (sulfide) groups is 4. The van der Waals surface area contributed by atoms with Crippen LogP contribution in [-0.4, -0.2) is 179 Å². The van der Waals surface area contributed by atoms with Crippen LogP contribution in [0.2, 0.25) is 0 Å². The van der Waals surface area contributed by atoms with Crippen molar-refractivity contribution in [2.24, 2.45) is 0 Å². The van der Waals surface area contributed by atoms with Crippen molar-refractivity contribution in [3.05, 3.63) is 0 Å². The Bertz CT molecular complexity index is 1940. The van der Waals surface area contributed by atoms with Gasteiger partial charge in [0.15, 0.2) is 0 Å². The molecule has 84 heavy (non-hydrogen) atoms. The molecule has 2 aliphatic rings. The number of carboxylic acids is 2. The maximum atomic E-state index is 13.3. The van der Waals surface area contributed by atoms with Crippen LogP contribution >= 0.6 is 47.0 Å². The molecule has 0 aromatic heterocycles. The van der Waals surface area contributed by atoms with Gasteiger partial charge in [-0.25, -0.2) is 0 Å². The van der Waals surface area contributed by atoms with Crippen LogP contribution in [0.3, 0.4) is 0 Å². The smallest absolute Gasteiger partial charge is 0.319 e. The molecule has 4 atom stereocenters. The summed E-state index contributed by atoms with van der Waals surface area (Å²) in [6.45, 7) is 1.29. The largest absolute Gasteiger partial charge is 0.481 e. The fourth-order valence-electron chi connectivity index (χ4n) is 8.31. The highest BCUT2D eigenvalue weighted by atomic mass is 32.2. The number of carbonyl (C=O) groups excluding carboxylic acids is 9. The molecule has 0 spiro atoms. The van der Waals surface area contributed by atoms with Gasteiger partial charge in [-0.2, -0.15) is 0 Å². The lowest BCUT2D eigenvalue weighted by Crippen LogP contribution is -2.26. The van der Waals surface area contributed by atoms with Crippen LogP contribution in [0.4, 0.5) is 0 Å². The average molecular weight is 1270 g/mol. The Balaban J connectivity index is 1.85. The maximum absolute atomic E-state index is 13.3. The fraction of sp³-hybridized carbons (Fsp3) is 0.810. The molecular formula is C58H92O22S4. The number of esters is 9. The van der Waals surface area contributed by atoms with E-state index in [0.717, 1.165) is 138 Å². The van der Waals surface area contributed by atoms with Crippen LogP contribution in [0.1, 0.15) is 193 Å². The van der Waals surface area contributed by atoms with Gasteiger partial charge in [-0.3, -0.25) is 52.7 Å². The number of rotatable bonds is 15. The van der Waals surface area contributed by atoms with Gasteiger partial charge in [0.25, 0.3) is 0 Å². The van der Waals surface area contributed by atoms with E-state index in [1.165, 1.54) is 11.8 Å². The minimum absolute atomic E-state index is 0.0427. The molecule has 2 rings (SSSR count). The molecule has 2 fully saturated rings. The van der Waals surface area contributed by atoms with Crippen molar-refractivity contribution in [1.29, 1.82) is 0 Å². The third-order valence-electron chi connectivity index (χ3n) is 13.0. The van der Waals surface area contributed by atoms with E-state index in [0.29, 0.717) is 63.5 Å². The standard InChI is InChI=1S/C58H92O22S4/c59-48(60)42-83-46-41-54(67)76-30-20-12-3-5-13-21-31-77-55(68)44(38-51(64)73-27-18-11-4-6-14-23-33-79-57(46)70)81-36-25-35-72-50(63)26-37-82-45-39-52(65)74-28-17-9-1-2-10-19-29-75-53(66)40-47(84-43-49(61)62)58(71)80-34-24-16-8-7-15-22-32-78-56(45)69/h44-47H,1-43H2,(H,59,60)(H,61,62). The second-order valence-corrected chi connectivity index (χ2v) is 25.3. The molecular weight excluding hydrogens is 1180 g/mol. The number of carbonyl (C=O) groups is 11. The van der Waals surface area contributed by atoms with Gasteiger partial charge in [-0.05, 0) is 63.5 Å². The predicted molar refractivity (Wildman–Crippen MR) is 317 cm³/mol. The molecule has 2 saturated heterocycles. The van der Waals surface area contributed by atoms with E-state index in [-0.39, 0.29) is 109 Å². The molecule has 4 unspecified atom stereocenters. The van der Waals surface area contributed by atoms with Crippen LogP contribution in [0.15, 0.2) is 0 Å². The monoisotopic (exact) mass is 1270 g/mol. The molecule has 0 saturated carbocycles. The first-order chi connectivity index (χ1) is 40.6. The summed E-state index contributed by atoms with van der Waals surface area (Å²) in [6.07, 6.45) is 17.0. The maximum Gasteiger partial charge on any atom is 0.319 e. The molecule has 0 aliphatic carbocycles. The Morgan fingerprint density at radius 1 is 0.345 bits per heavy atom. The molecule has 2 aliphatic heterocycles. The van der Waals surface area contributed by atoms with Gasteiger partial charge in [0.1, 0.15) is 21.0 Å². The van der Waals surface area contributed by atoms with Crippen molar-refractivity contribution in [2.75, 3.05) is 82.5 Å². The zero-order valence-corrected chi connectivity index (χ0v) is 52.2. The number of hydrogen-bond acceptors (Lipinski definition) is 24. The quantitative estimate of drug-likeness (QED) is 0.0876. The highest BCUT2D eigenvalue weighted by Crippen LogP contribution is 2.24. The van der Waals surface area contributed by atoms with Crippen LogP contribution in [-0.2, 0) is 95.4 Å². The number of cyclic esters (lactones) is 8. The van der Waals surface area contributed by atoms with Crippen LogP contribution < -0.4 is 0 Å². The topological polar surface area (TPSA) is 311 Å². The van der Waals surface area contributed by atoms with Gasteiger partial charge in [0.05, 0.1) is 103 Å². The molecule has 480 valence electrons. The summed E-state index contributed by atoms with van der Waals surface area (Å²) in [4.78, 5) is 138. The summed E-state index contributed by atoms with van der Waals surface area (Å²) in [7, 11) is 0. The Hall–Kier alpha value is -4.43. The van der Waals surface area contributed by atoms with Crippen LogP contribution in [0.5, 0.6) is 0 Å². The van der Waals surface area contributed by atoms with Crippen LogP contribution in [0, 0.1) is 0 Å². The molecule has 0 bridgehead atoms. The van der Waals surface area contributed by atoms with Gasteiger partial charge in [0.2, 0.25) is 0 Å². The van der Waals surface area contributed by atoms with Gasteiger partial charge in [0, 0.05) is 5.75 Å². The zero-order valence-electron chi connectivity index (χ0n) is 48.9. The number of ether oxygens (including phenoxy) is 9. The van der Waals surface area contributed by atoms with E-state index in [1.807, 2.05) is 0 Å². The number of aliphatic carboxylic acids is 2. The van der Waals surface area contributed by atoms with E-state index in [9.17, 15) is 52.7 Å². The minimum atomic E-state index is -1.11. The lowest BCUT2D eigenvalue weighted by Gasteiger charge is -2.16. The molecule has 2 heterocycles. The first kappa shape index (κ1) is 75.7. The van der Waals surface area contributed by atoms with E-state index in [1.54, 1.807) is 0 Å². The first-order valence-electron chi connectivity index (χ1n) is 30.0. The Morgan fingerprint density at radius 2 is 0.583 bits per heavy atom. The summed E-state index contributed by atoms with van der Waals surface area (Å²) in [5.74, 6) is -7.57. The molecule has 0 aromatic rings. The van der Waals surface area contributed by atoms with E-state index < -0.39 is 86.7 Å². The lowest BCUT2D eigenvalue weighted by molar-refractivity contribution is -0.150. The highest BCUT2D eigenvalue weighted by molar-refractivity contribution is 8.01. The molecule has 22 nitrogen and oxygen atoms in total. The second-order valence-electron chi connectivity index (χ2n) is 20.3. The number of carboxylic acid groups (broad SMARTS) is 2. The first-order valence-corrected chi connectivity index (χ1v) is 34.2. The third-order valence-corrected chi connectivity index (χ3v) is 17.8. The molecule has 0 radical (unpaired) electrons. The van der Waals surface area contributed by atoms with Crippen molar-refractivity contribution in [3.63, 3.8) is 0 Å². The SMILES string of the molecule is O=C(O)CSC1CC(=O)OCCCCCCCCOC(=O)C(SCCCOC(=O)CCSC2CC(=O)OCCCCCCCCOC(=O)CC(SCC(=O)O)C(=O)OCCCCCCCCOC2=O)CC(=O)OCCCCCCCCOC1=O. The predicted octanol–water partition coefficient (Wildman–Crippen LogP) is 9.18. The summed E-state index contributed by atoms with van der Waals surface area (Å²) in [5.41, 5.74) is 0. The molecule has 0 amide bonds. The van der Waals surface area contributed by atoms with Crippen molar-refractivity contribution >= 4 is 113 Å². The number of hydrogen-bond donors (Lipinski definition) is 2. The van der Waals surface area contributed by atoms with Crippen molar-refractivity contribution < 1.29 is 106 Å². The van der Waals surface area contributed by atoms with Gasteiger partial charge in [-0.1, -0.05) is 103 Å². The second kappa shape index (κ2) is 50.7.